The van der Waals surface area contributed by atoms with Crippen LogP contribution in [0, 0.1) is 6.92 Å². The summed E-state index contributed by atoms with van der Waals surface area (Å²) in [6.45, 7) is 9.09. The molecule has 1 aliphatic carbocycles. The van der Waals surface area contributed by atoms with Crippen LogP contribution >= 0.6 is 0 Å². The van der Waals surface area contributed by atoms with Gasteiger partial charge in [0.1, 0.15) is 18.0 Å². The summed E-state index contributed by atoms with van der Waals surface area (Å²) in [5.41, 5.74) is 6.13. The molecule has 1 aliphatic rings. The molecule has 0 amide bonds. The second-order valence-electron chi connectivity index (χ2n) is 9.74. The van der Waals surface area contributed by atoms with E-state index in [-0.39, 0.29) is 6.04 Å². The SMILES string of the molecule is CCn1c(-c2cnc(C)nc2)nc2c(NC3CCc4c(c(C(C)C)nn4-c4ccccn4)C3)ncnc21. The summed E-state index contributed by atoms with van der Waals surface area (Å²) in [4.78, 5) is 27.4. The van der Waals surface area contributed by atoms with Gasteiger partial charge in [-0.15, -0.1) is 0 Å². The van der Waals surface area contributed by atoms with Crippen molar-refractivity contribution in [1.29, 1.82) is 0 Å². The molecule has 1 N–H and O–H groups in total. The Morgan fingerprint density at radius 3 is 2.65 bits per heavy atom. The number of nitrogens with zero attached hydrogens (tertiary/aromatic N) is 9. The van der Waals surface area contributed by atoms with E-state index in [2.05, 4.69) is 55.6 Å². The second kappa shape index (κ2) is 9.34. The number of aromatic nitrogens is 9. The van der Waals surface area contributed by atoms with Gasteiger partial charge in [0.05, 0.1) is 11.3 Å². The van der Waals surface area contributed by atoms with E-state index >= 15 is 0 Å². The largest absolute Gasteiger partial charge is 0.365 e. The van der Waals surface area contributed by atoms with Gasteiger partial charge in [0.25, 0.3) is 0 Å². The lowest BCUT2D eigenvalue weighted by atomic mass is 9.89. The molecule has 0 radical (unpaired) electrons. The summed E-state index contributed by atoms with van der Waals surface area (Å²) in [5.74, 6) is 3.47. The Balaban J connectivity index is 1.34. The summed E-state index contributed by atoms with van der Waals surface area (Å²) in [6.07, 6.45) is 9.79. The van der Waals surface area contributed by atoms with E-state index in [1.165, 1.54) is 11.3 Å². The smallest absolute Gasteiger partial charge is 0.165 e. The third kappa shape index (κ3) is 4.12. The van der Waals surface area contributed by atoms with Crippen LogP contribution in [0.25, 0.3) is 28.4 Å². The Morgan fingerprint density at radius 2 is 1.92 bits per heavy atom. The molecule has 5 aromatic rings. The molecule has 0 aliphatic heterocycles. The molecule has 10 heteroatoms. The van der Waals surface area contributed by atoms with Crippen LogP contribution in [0.3, 0.4) is 0 Å². The number of imidazole rings is 1. The van der Waals surface area contributed by atoms with Gasteiger partial charge in [0.15, 0.2) is 22.8 Å². The van der Waals surface area contributed by atoms with Crippen molar-refractivity contribution in [2.24, 2.45) is 0 Å². The summed E-state index contributed by atoms with van der Waals surface area (Å²) in [5, 5.41) is 8.69. The molecule has 37 heavy (non-hydrogen) atoms. The highest BCUT2D eigenvalue weighted by molar-refractivity contribution is 5.86. The van der Waals surface area contributed by atoms with Crippen LogP contribution < -0.4 is 5.32 Å². The Kier molecular flexibility index (Phi) is 5.86. The predicted octanol–water partition coefficient (Wildman–Crippen LogP) is 4.29. The van der Waals surface area contributed by atoms with E-state index in [9.17, 15) is 0 Å². The highest BCUT2D eigenvalue weighted by atomic mass is 15.3. The number of hydrogen-bond donors (Lipinski definition) is 1. The monoisotopic (exact) mass is 494 g/mol. The average Bonchev–Trinajstić information content (AvgIpc) is 3.49. The van der Waals surface area contributed by atoms with Gasteiger partial charge in [-0.1, -0.05) is 19.9 Å². The minimum atomic E-state index is 0.211. The predicted molar refractivity (Wildman–Crippen MR) is 142 cm³/mol. The van der Waals surface area contributed by atoms with Gasteiger partial charge in [0, 0.05) is 36.9 Å². The maximum absolute atomic E-state index is 4.99. The number of nitrogens with one attached hydrogen (secondary N) is 1. The Bertz CT molecular complexity index is 1550. The van der Waals surface area contributed by atoms with Crippen LogP contribution in [-0.4, -0.2) is 50.3 Å². The first-order chi connectivity index (χ1) is 18.0. The van der Waals surface area contributed by atoms with Crippen LogP contribution in [0.1, 0.15) is 55.9 Å². The summed E-state index contributed by atoms with van der Waals surface area (Å²) in [7, 11) is 0. The van der Waals surface area contributed by atoms with Crippen molar-refractivity contribution in [2.45, 2.75) is 65.5 Å². The van der Waals surface area contributed by atoms with Crippen molar-refractivity contribution in [2.75, 3.05) is 5.32 Å². The fourth-order valence-corrected chi connectivity index (χ4v) is 5.16. The highest BCUT2D eigenvalue weighted by Gasteiger charge is 2.29. The minimum Gasteiger partial charge on any atom is -0.365 e. The lowest BCUT2D eigenvalue weighted by molar-refractivity contribution is 0.588. The van der Waals surface area contributed by atoms with Crippen LogP contribution in [0.5, 0.6) is 0 Å². The van der Waals surface area contributed by atoms with Crippen LogP contribution in [0.4, 0.5) is 5.82 Å². The topological polar surface area (TPSA) is 112 Å². The van der Waals surface area contributed by atoms with Crippen molar-refractivity contribution in [3.05, 3.63) is 65.9 Å². The van der Waals surface area contributed by atoms with Gasteiger partial charge in [-0.25, -0.2) is 34.6 Å². The standard InChI is InChI=1S/C27H30N10/c1-5-36-26(18-13-29-17(4)30-14-18)34-24-25(31-15-32-27(24)36)33-19-9-10-21-20(12-19)23(16(2)3)35-37(21)22-8-6-7-11-28-22/h6-8,11,13-16,19H,5,9-10,12H2,1-4H3,(H,31,32,33). The lowest BCUT2D eigenvalue weighted by Gasteiger charge is -2.25. The van der Waals surface area contributed by atoms with E-state index < -0.39 is 0 Å². The third-order valence-corrected chi connectivity index (χ3v) is 6.94. The molecule has 5 aromatic heterocycles. The molecule has 0 bridgehead atoms. The minimum absolute atomic E-state index is 0.211. The lowest BCUT2D eigenvalue weighted by Crippen LogP contribution is -2.29. The van der Waals surface area contributed by atoms with Crippen LogP contribution in [0.15, 0.2) is 43.1 Å². The van der Waals surface area contributed by atoms with E-state index in [1.54, 1.807) is 6.33 Å². The number of hydrogen-bond acceptors (Lipinski definition) is 8. The molecule has 1 atom stereocenters. The summed E-state index contributed by atoms with van der Waals surface area (Å²) in [6, 6.07) is 6.16. The van der Waals surface area contributed by atoms with Gasteiger partial charge in [0.2, 0.25) is 0 Å². The van der Waals surface area contributed by atoms with Crippen molar-refractivity contribution < 1.29 is 0 Å². The van der Waals surface area contributed by atoms with Gasteiger partial charge < -0.3 is 9.88 Å². The summed E-state index contributed by atoms with van der Waals surface area (Å²) >= 11 is 0. The first kappa shape index (κ1) is 23.2. The highest BCUT2D eigenvalue weighted by Crippen LogP contribution is 2.33. The molecule has 1 unspecified atom stereocenters. The van der Waals surface area contributed by atoms with Crippen molar-refractivity contribution in [1.82, 2.24) is 44.3 Å². The zero-order valence-corrected chi connectivity index (χ0v) is 21.5. The number of rotatable bonds is 6. The molecule has 0 saturated heterocycles. The molecular weight excluding hydrogens is 464 g/mol. The first-order valence-electron chi connectivity index (χ1n) is 12.8. The molecular formula is C27H30N10. The Hall–Kier alpha value is -4.21. The number of fused-ring (bicyclic) bond motifs is 2. The molecule has 5 heterocycles. The zero-order chi connectivity index (χ0) is 25.5. The quantitative estimate of drug-likeness (QED) is 0.372. The molecule has 0 spiro atoms. The fourth-order valence-electron chi connectivity index (χ4n) is 5.16. The molecule has 6 rings (SSSR count). The zero-order valence-electron chi connectivity index (χ0n) is 21.5. The first-order valence-corrected chi connectivity index (χ1v) is 12.8. The maximum Gasteiger partial charge on any atom is 0.165 e. The van der Waals surface area contributed by atoms with Crippen molar-refractivity contribution in [3.8, 4) is 17.2 Å². The molecule has 0 saturated carbocycles. The molecule has 188 valence electrons. The maximum atomic E-state index is 4.99. The van der Waals surface area contributed by atoms with E-state index in [1.807, 2.05) is 48.4 Å². The van der Waals surface area contributed by atoms with Crippen molar-refractivity contribution >= 4 is 17.0 Å². The molecule has 0 aromatic carbocycles. The van der Waals surface area contributed by atoms with Crippen LogP contribution in [-0.2, 0) is 19.4 Å². The normalized spacial score (nSPS) is 15.3. The fraction of sp³-hybridized carbons (Fsp3) is 0.370. The van der Waals surface area contributed by atoms with E-state index in [0.717, 1.165) is 71.5 Å². The molecule has 10 nitrogen and oxygen atoms in total. The Labute approximate surface area is 215 Å². The molecule has 0 fully saturated rings. The Morgan fingerprint density at radius 1 is 1.08 bits per heavy atom. The number of pyridine rings is 1. The average molecular weight is 495 g/mol. The number of anilines is 1. The van der Waals surface area contributed by atoms with Gasteiger partial charge >= 0.3 is 0 Å². The van der Waals surface area contributed by atoms with Crippen molar-refractivity contribution in [3.63, 3.8) is 0 Å². The van der Waals surface area contributed by atoms with Crippen LogP contribution in [0.2, 0.25) is 0 Å². The van der Waals surface area contributed by atoms with Gasteiger partial charge in [-0.05, 0) is 56.7 Å². The summed E-state index contributed by atoms with van der Waals surface area (Å²) < 4.78 is 4.12. The third-order valence-electron chi connectivity index (χ3n) is 6.94. The second-order valence-corrected chi connectivity index (χ2v) is 9.74. The number of aryl methyl sites for hydroxylation is 2. The van der Waals surface area contributed by atoms with E-state index in [4.69, 9.17) is 10.1 Å². The van der Waals surface area contributed by atoms with Gasteiger partial charge in [-0.2, -0.15) is 5.10 Å². The van der Waals surface area contributed by atoms with Gasteiger partial charge in [-0.3, -0.25) is 0 Å². The van der Waals surface area contributed by atoms with E-state index in [0.29, 0.717) is 5.92 Å².